The predicted molar refractivity (Wildman–Crippen MR) is 92.8 cm³/mol. The van der Waals surface area contributed by atoms with E-state index in [1.54, 1.807) is 17.1 Å². The van der Waals surface area contributed by atoms with Crippen LogP contribution >= 0.6 is 0 Å². The van der Waals surface area contributed by atoms with E-state index in [-0.39, 0.29) is 18.7 Å². The molecular formula is C18H24N4O2. The van der Waals surface area contributed by atoms with Gasteiger partial charge in [0.05, 0.1) is 17.9 Å². The van der Waals surface area contributed by atoms with Crippen LogP contribution in [0.2, 0.25) is 0 Å². The highest BCUT2D eigenvalue weighted by Gasteiger charge is 2.29. The van der Waals surface area contributed by atoms with Crippen LogP contribution in [0, 0.1) is 0 Å². The molecule has 1 heterocycles. The fraction of sp³-hybridized carbons (Fsp3) is 0.444. The standard InChI is InChI=1S/C18H24N4O2/c1-21-13-15(12-19-21)20-18(24)22(10-5-11-23)17-9-4-7-14-6-2-3-8-16(14)17/h2-3,6,8,12-13,17,23H,4-5,7,9-11H2,1H3,(H,20,24)/t17-/m0/s1. The highest BCUT2D eigenvalue weighted by atomic mass is 16.3. The molecule has 0 radical (unpaired) electrons. The van der Waals surface area contributed by atoms with Gasteiger partial charge in [-0.15, -0.1) is 0 Å². The Hall–Kier alpha value is -2.34. The van der Waals surface area contributed by atoms with Gasteiger partial charge in [0.25, 0.3) is 0 Å². The maximum atomic E-state index is 12.8. The Morgan fingerprint density at radius 2 is 2.29 bits per heavy atom. The lowest BCUT2D eigenvalue weighted by molar-refractivity contribution is 0.169. The first-order chi connectivity index (χ1) is 11.7. The number of hydrogen-bond donors (Lipinski definition) is 2. The third kappa shape index (κ3) is 3.59. The van der Waals surface area contributed by atoms with Crippen molar-refractivity contribution in [3.05, 3.63) is 47.8 Å². The fourth-order valence-corrected chi connectivity index (χ4v) is 3.37. The molecule has 0 saturated heterocycles. The minimum Gasteiger partial charge on any atom is -0.396 e. The lowest BCUT2D eigenvalue weighted by Crippen LogP contribution is -2.40. The van der Waals surface area contributed by atoms with Crippen molar-refractivity contribution in [3.8, 4) is 0 Å². The van der Waals surface area contributed by atoms with Crippen LogP contribution in [-0.4, -0.2) is 39.0 Å². The summed E-state index contributed by atoms with van der Waals surface area (Å²) in [6.45, 7) is 0.604. The van der Waals surface area contributed by atoms with Gasteiger partial charge in [-0.1, -0.05) is 24.3 Å². The molecule has 0 aliphatic heterocycles. The van der Waals surface area contributed by atoms with Gasteiger partial charge in [-0.3, -0.25) is 4.68 Å². The molecule has 6 nitrogen and oxygen atoms in total. The zero-order chi connectivity index (χ0) is 16.9. The first-order valence-corrected chi connectivity index (χ1v) is 8.44. The van der Waals surface area contributed by atoms with E-state index in [1.807, 2.05) is 18.0 Å². The SMILES string of the molecule is Cn1cc(NC(=O)N(CCCO)[C@H]2CCCc3ccccc32)cn1. The predicted octanol–water partition coefficient (Wildman–Crippen LogP) is 2.71. The van der Waals surface area contributed by atoms with Crippen LogP contribution in [-0.2, 0) is 13.5 Å². The Morgan fingerprint density at radius 3 is 3.04 bits per heavy atom. The van der Waals surface area contributed by atoms with E-state index < -0.39 is 0 Å². The lowest BCUT2D eigenvalue weighted by atomic mass is 9.87. The number of aliphatic hydroxyl groups excluding tert-OH is 1. The van der Waals surface area contributed by atoms with E-state index in [0.29, 0.717) is 18.7 Å². The van der Waals surface area contributed by atoms with Gasteiger partial charge in [-0.2, -0.15) is 5.10 Å². The monoisotopic (exact) mass is 328 g/mol. The molecule has 1 atom stereocenters. The highest BCUT2D eigenvalue weighted by molar-refractivity contribution is 5.89. The van der Waals surface area contributed by atoms with Gasteiger partial charge >= 0.3 is 6.03 Å². The van der Waals surface area contributed by atoms with E-state index in [1.165, 1.54) is 11.1 Å². The summed E-state index contributed by atoms with van der Waals surface area (Å²) < 4.78 is 1.66. The lowest BCUT2D eigenvalue weighted by Gasteiger charge is -2.35. The first kappa shape index (κ1) is 16.5. The molecule has 6 heteroatoms. The average Bonchev–Trinajstić information content (AvgIpc) is 3.00. The highest BCUT2D eigenvalue weighted by Crippen LogP contribution is 2.34. The van der Waals surface area contributed by atoms with Crippen molar-refractivity contribution in [2.24, 2.45) is 7.05 Å². The van der Waals surface area contributed by atoms with Gasteiger partial charge in [-0.25, -0.2) is 4.79 Å². The summed E-state index contributed by atoms with van der Waals surface area (Å²) in [5.41, 5.74) is 3.22. The second-order valence-corrected chi connectivity index (χ2v) is 6.21. The van der Waals surface area contributed by atoms with E-state index in [4.69, 9.17) is 0 Å². The number of urea groups is 1. The summed E-state index contributed by atoms with van der Waals surface area (Å²) in [4.78, 5) is 14.7. The maximum absolute atomic E-state index is 12.8. The molecule has 1 aliphatic carbocycles. The number of nitrogens with one attached hydrogen (secondary N) is 1. The van der Waals surface area contributed by atoms with Crippen LogP contribution in [0.25, 0.3) is 0 Å². The molecule has 2 aromatic rings. The third-order valence-electron chi connectivity index (χ3n) is 4.49. The molecule has 0 fully saturated rings. The summed E-state index contributed by atoms with van der Waals surface area (Å²) in [7, 11) is 1.82. The molecule has 2 N–H and O–H groups in total. The van der Waals surface area contributed by atoms with E-state index in [0.717, 1.165) is 19.3 Å². The van der Waals surface area contributed by atoms with Crippen molar-refractivity contribution in [2.45, 2.75) is 31.7 Å². The summed E-state index contributed by atoms with van der Waals surface area (Å²) in [5.74, 6) is 0. The first-order valence-electron chi connectivity index (χ1n) is 8.44. The van der Waals surface area contributed by atoms with Crippen LogP contribution in [0.4, 0.5) is 10.5 Å². The number of rotatable bonds is 5. The number of nitrogens with zero attached hydrogens (tertiary/aromatic N) is 3. The number of carbonyl (C=O) groups is 1. The average molecular weight is 328 g/mol. The normalized spacial score (nSPS) is 16.5. The van der Waals surface area contributed by atoms with E-state index in [9.17, 15) is 9.90 Å². The number of amides is 2. The third-order valence-corrected chi connectivity index (χ3v) is 4.49. The van der Waals surface area contributed by atoms with Gasteiger partial charge in [0.15, 0.2) is 0 Å². The summed E-state index contributed by atoms with van der Waals surface area (Å²) in [6, 6.07) is 8.25. The van der Waals surface area contributed by atoms with Crippen LogP contribution in [0.15, 0.2) is 36.7 Å². The Bertz CT molecular complexity index is 698. The van der Waals surface area contributed by atoms with Gasteiger partial charge < -0.3 is 15.3 Å². The Labute approximate surface area is 142 Å². The van der Waals surface area contributed by atoms with Crippen molar-refractivity contribution < 1.29 is 9.90 Å². The second-order valence-electron chi connectivity index (χ2n) is 6.21. The zero-order valence-corrected chi connectivity index (χ0v) is 14.0. The summed E-state index contributed by atoms with van der Waals surface area (Å²) in [5, 5.41) is 16.2. The van der Waals surface area contributed by atoms with Crippen molar-refractivity contribution in [1.82, 2.24) is 14.7 Å². The number of benzene rings is 1. The van der Waals surface area contributed by atoms with Crippen LogP contribution in [0.1, 0.15) is 36.4 Å². The zero-order valence-electron chi connectivity index (χ0n) is 14.0. The molecule has 0 bridgehead atoms. The molecule has 24 heavy (non-hydrogen) atoms. The number of aryl methyl sites for hydroxylation is 2. The van der Waals surface area contributed by atoms with Crippen LogP contribution in [0.5, 0.6) is 0 Å². The molecule has 1 aromatic carbocycles. The molecule has 0 spiro atoms. The van der Waals surface area contributed by atoms with Gasteiger partial charge in [0, 0.05) is 26.4 Å². The molecule has 1 aliphatic rings. The fourth-order valence-electron chi connectivity index (χ4n) is 3.37. The van der Waals surface area contributed by atoms with Crippen LogP contribution < -0.4 is 5.32 Å². The molecule has 0 unspecified atom stereocenters. The summed E-state index contributed by atoms with van der Waals surface area (Å²) >= 11 is 0. The van der Waals surface area contributed by atoms with Crippen molar-refractivity contribution in [1.29, 1.82) is 0 Å². The number of aliphatic hydroxyl groups is 1. The van der Waals surface area contributed by atoms with Gasteiger partial charge in [0.1, 0.15) is 0 Å². The van der Waals surface area contributed by atoms with Crippen LogP contribution in [0.3, 0.4) is 0 Å². The second kappa shape index (κ2) is 7.49. The molecule has 3 rings (SSSR count). The maximum Gasteiger partial charge on any atom is 0.322 e. The van der Waals surface area contributed by atoms with Crippen molar-refractivity contribution >= 4 is 11.7 Å². The number of aromatic nitrogens is 2. The number of fused-ring (bicyclic) bond motifs is 1. The molecule has 2 amide bonds. The quantitative estimate of drug-likeness (QED) is 0.886. The summed E-state index contributed by atoms with van der Waals surface area (Å²) in [6.07, 6.45) is 7.05. The Morgan fingerprint density at radius 1 is 1.46 bits per heavy atom. The Balaban J connectivity index is 1.82. The number of anilines is 1. The van der Waals surface area contributed by atoms with E-state index in [2.05, 4.69) is 28.6 Å². The largest absolute Gasteiger partial charge is 0.396 e. The Kier molecular flexibility index (Phi) is 5.15. The molecule has 1 aromatic heterocycles. The van der Waals surface area contributed by atoms with Crippen molar-refractivity contribution in [2.75, 3.05) is 18.5 Å². The molecular weight excluding hydrogens is 304 g/mol. The number of carbonyl (C=O) groups excluding carboxylic acids is 1. The minimum atomic E-state index is -0.141. The molecule has 128 valence electrons. The molecule has 0 saturated carbocycles. The van der Waals surface area contributed by atoms with Crippen molar-refractivity contribution in [3.63, 3.8) is 0 Å². The number of hydrogen-bond acceptors (Lipinski definition) is 3. The van der Waals surface area contributed by atoms with Gasteiger partial charge in [-0.05, 0) is 36.8 Å². The van der Waals surface area contributed by atoms with Gasteiger partial charge in [0.2, 0.25) is 0 Å². The minimum absolute atomic E-state index is 0.0539. The smallest absolute Gasteiger partial charge is 0.322 e. The topological polar surface area (TPSA) is 70.4 Å². The van der Waals surface area contributed by atoms with E-state index >= 15 is 0 Å².